The molecule has 0 aliphatic heterocycles. The van der Waals surface area contributed by atoms with Crippen molar-refractivity contribution in [2.24, 2.45) is 0 Å². The van der Waals surface area contributed by atoms with E-state index in [0.29, 0.717) is 22.1 Å². The number of esters is 1. The zero-order valence-electron chi connectivity index (χ0n) is 16.3. The van der Waals surface area contributed by atoms with Gasteiger partial charge in [0.1, 0.15) is 4.88 Å². The number of hydrogen-bond acceptors (Lipinski definition) is 7. The molecule has 152 valence electrons. The van der Waals surface area contributed by atoms with Gasteiger partial charge in [0.2, 0.25) is 5.75 Å². The minimum atomic E-state index is -0.519. The van der Waals surface area contributed by atoms with Gasteiger partial charge in [-0.15, -0.1) is 11.3 Å². The van der Waals surface area contributed by atoms with Gasteiger partial charge in [0.05, 0.1) is 21.3 Å². The summed E-state index contributed by atoms with van der Waals surface area (Å²) >= 11 is 1.33. The third kappa shape index (κ3) is 4.78. The number of fused-ring (bicyclic) bond motifs is 1. The first kappa shape index (κ1) is 20.5. The van der Waals surface area contributed by atoms with Gasteiger partial charge >= 0.3 is 5.97 Å². The number of thiophene rings is 1. The Morgan fingerprint density at radius 2 is 1.66 bits per heavy atom. The van der Waals surface area contributed by atoms with Gasteiger partial charge in [-0.1, -0.05) is 18.2 Å². The van der Waals surface area contributed by atoms with Crippen molar-refractivity contribution in [3.05, 3.63) is 52.9 Å². The monoisotopic (exact) mass is 415 g/mol. The lowest BCUT2D eigenvalue weighted by Crippen LogP contribution is -2.28. The summed E-state index contributed by atoms with van der Waals surface area (Å²) in [6.07, 6.45) is 0. The van der Waals surface area contributed by atoms with E-state index in [2.05, 4.69) is 5.32 Å². The first-order valence-electron chi connectivity index (χ1n) is 8.77. The van der Waals surface area contributed by atoms with Crippen molar-refractivity contribution in [1.82, 2.24) is 5.32 Å². The molecular formula is C21H21NO6S. The van der Waals surface area contributed by atoms with Crippen LogP contribution in [0, 0.1) is 0 Å². The van der Waals surface area contributed by atoms with E-state index in [4.69, 9.17) is 18.9 Å². The van der Waals surface area contributed by atoms with Crippen LogP contribution in [0.5, 0.6) is 17.2 Å². The molecule has 1 amide bonds. The van der Waals surface area contributed by atoms with Crippen molar-refractivity contribution in [3.8, 4) is 17.2 Å². The average molecular weight is 415 g/mol. The largest absolute Gasteiger partial charge is 0.493 e. The fourth-order valence-corrected chi connectivity index (χ4v) is 3.73. The van der Waals surface area contributed by atoms with Crippen LogP contribution in [0.1, 0.15) is 15.2 Å². The summed E-state index contributed by atoms with van der Waals surface area (Å²) < 4.78 is 22.0. The molecular weight excluding hydrogens is 394 g/mol. The molecule has 0 atom stereocenters. The van der Waals surface area contributed by atoms with Gasteiger partial charge < -0.3 is 24.3 Å². The summed E-state index contributed by atoms with van der Waals surface area (Å²) in [4.78, 5) is 24.7. The molecule has 1 aromatic heterocycles. The van der Waals surface area contributed by atoms with E-state index in [0.717, 1.165) is 15.6 Å². The first-order chi connectivity index (χ1) is 14.0. The Balaban J connectivity index is 1.56. The highest BCUT2D eigenvalue weighted by atomic mass is 32.1. The third-order valence-electron chi connectivity index (χ3n) is 4.18. The normalized spacial score (nSPS) is 10.4. The Bertz CT molecular complexity index is 971. The van der Waals surface area contributed by atoms with Crippen LogP contribution in [0.2, 0.25) is 0 Å². The third-order valence-corrected chi connectivity index (χ3v) is 5.27. The van der Waals surface area contributed by atoms with E-state index < -0.39 is 11.9 Å². The molecule has 0 unspecified atom stereocenters. The number of nitrogens with one attached hydrogen (secondary N) is 1. The molecule has 8 heteroatoms. The summed E-state index contributed by atoms with van der Waals surface area (Å²) in [6.45, 7) is -0.145. The molecule has 0 aliphatic carbocycles. The quantitative estimate of drug-likeness (QED) is 0.568. The Morgan fingerprint density at radius 3 is 2.28 bits per heavy atom. The summed E-state index contributed by atoms with van der Waals surface area (Å²) in [6, 6.07) is 12.9. The molecule has 0 saturated heterocycles. The highest BCUT2D eigenvalue weighted by Gasteiger charge is 2.15. The summed E-state index contributed by atoms with van der Waals surface area (Å²) in [5, 5.41) is 3.68. The van der Waals surface area contributed by atoms with Crippen LogP contribution in [0.4, 0.5) is 0 Å². The summed E-state index contributed by atoms with van der Waals surface area (Å²) in [5.74, 6) is 0.532. The standard InChI is InChI=1S/C21H21NO6S/c1-25-15-8-13(9-16(26-2)20(15)27-3)11-22-19(23)12-28-21(24)18-10-14-6-4-5-7-17(14)29-18/h4-10H,11-12H2,1-3H3,(H,22,23). The number of rotatable bonds is 8. The van der Waals surface area contributed by atoms with Gasteiger partial charge in [-0.3, -0.25) is 4.79 Å². The summed E-state index contributed by atoms with van der Waals surface area (Å²) in [5.41, 5.74) is 0.753. The molecule has 29 heavy (non-hydrogen) atoms. The maximum Gasteiger partial charge on any atom is 0.348 e. The molecule has 0 radical (unpaired) electrons. The molecule has 1 heterocycles. The number of ether oxygens (including phenoxy) is 4. The zero-order valence-corrected chi connectivity index (χ0v) is 17.1. The molecule has 2 aromatic carbocycles. The van der Waals surface area contributed by atoms with Crippen molar-refractivity contribution < 1.29 is 28.5 Å². The lowest BCUT2D eigenvalue weighted by atomic mass is 10.1. The number of carbonyl (C=O) groups excluding carboxylic acids is 2. The van der Waals surface area contributed by atoms with Crippen molar-refractivity contribution in [2.45, 2.75) is 6.54 Å². The van der Waals surface area contributed by atoms with Gasteiger partial charge in [0.25, 0.3) is 5.91 Å². The van der Waals surface area contributed by atoms with E-state index in [1.807, 2.05) is 24.3 Å². The summed E-state index contributed by atoms with van der Waals surface area (Å²) in [7, 11) is 4.56. The first-order valence-corrected chi connectivity index (χ1v) is 9.58. The predicted molar refractivity (Wildman–Crippen MR) is 110 cm³/mol. The lowest BCUT2D eigenvalue weighted by molar-refractivity contribution is -0.124. The van der Waals surface area contributed by atoms with Crippen LogP contribution in [0.15, 0.2) is 42.5 Å². The van der Waals surface area contributed by atoms with E-state index in [1.54, 1.807) is 18.2 Å². The molecule has 0 fully saturated rings. The van der Waals surface area contributed by atoms with E-state index in [-0.39, 0.29) is 13.2 Å². The molecule has 0 bridgehead atoms. The number of benzene rings is 2. The van der Waals surface area contributed by atoms with Crippen LogP contribution in [-0.4, -0.2) is 39.8 Å². The van der Waals surface area contributed by atoms with Crippen LogP contribution in [-0.2, 0) is 16.1 Å². The maximum absolute atomic E-state index is 12.2. The van der Waals surface area contributed by atoms with Crippen molar-refractivity contribution >= 4 is 33.3 Å². The van der Waals surface area contributed by atoms with Crippen LogP contribution in [0.3, 0.4) is 0 Å². The van der Waals surface area contributed by atoms with Crippen molar-refractivity contribution in [2.75, 3.05) is 27.9 Å². The Labute approximate surface area is 172 Å². The van der Waals surface area contributed by atoms with Gasteiger partial charge in [0.15, 0.2) is 18.1 Å². The van der Waals surface area contributed by atoms with Gasteiger partial charge in [-0.05, 0) is 35.2 Å². The molecule has 3 aromatic rings. The molecule has 3 rings (SSSR count). The Morgan fingerprint density at radius 1 is 0.966 bits per heavy atom. The molecule has 0 aliphatic rings. The Kier molecular flexibility index (Phi) is 6.56. The minimum Gasteiger partial charge on any atom is -0.493 e. The second-order valence-electron chi connectivity index (χ2n) is 6.03. The topological polar surface area (TPSA) is 83.1 Å². The van der Waals surface area contributed by atoms with Gasteiger partial charge in [-0.25, -0.2) is 4.79 Å². The predicted octanol–water partition coefficient (Wildman–Crippen LogP) is 3.40. The van der Waals surface area contributed by atoms with Crippen molar-refractivity contribution in [1.29, 1.82) is 0 Å². The average Bonchev–Trinajstić information content (AvgIpc) is 3.19. The second-order valence-corrected chi connectivity index (χ2v) is 7.12. The fourth-order valence-electron chi connectivity index (χ4n) is 2.77. The number of hydrogen-bond donors (Lipinski definition) is 1. The maximum atomic E-state index is 12.2. The SMILES string of the molecule is COc1cc(CNC(=O)COC(=O)c2cc3ccccc3s2)cc(OC)c1OC. The highest BCUT2D eigenvalue weighted by Crippen LogP contribution is 2.38. The minimum absolute atomic E-state index is 0.218. The van der Waals surface area contributed by atoms with Crippen molar-refractivity contribution in [3.63, 3.8) is 0 Å². The fraction of sp³-hybridized carbons (Fsp3) is 0.238. The lowest BCUT2D eigenvalue weighted by Gasteiger charge is -2.14. The molecule has 1 N–H and O–H groups in total. The second kappa shape index (κ2) is 9.29. The molecule has 0 saturated carbocycles. The van der Waals surface area contributed by atoms with Crippen LogP contribution >= 0.6 is 11.3 Å². The van der Waals surface area contributed by atoms with E-state index in [1.165, 1.54) is 32.7 Å². The number of carbonyl (C=O) groups is 2. The Hall–Kier alpha value is -3.26. The number of amides is 1. The van der Waals surface area contributed by atoms with E-state index >= 15 is 0 Å². The van der Waals surface area contributed by atoms with Gasteiger partial charge in [-0.2, -0.15) is 0 Å². The van der Waals surface area contributed by atoms with Gasteiger partial charge in [0, 0.05) is 11.2 Å². The zero-order chi connectivity index (χ0) is 20.8. The molecule has 7 nitrogen and oxygen atoms in total. The van der Waals surface area contributed by atoms with Crippen LogP contribution < -0.4 is 19.5 Å². The van der Waals surface area contributed by atoms with Crippen LogP contribution in [0.25, 0.3) is 10.1 Å². The highest BCUT2D eigenvalue weighted by molar-refractivity contribution is 7.20. The number of methoxy groups -OCH3 is 3. The molecule has 0 spiro atoms. The van der Waals surface area contributed by atoms with E-state index in [9.17, 15) is 9.59 Å². The smallest absolute Gasteiger partial charge is 0.348 e.